The third-order valence-electron chi connectivity index (χ3n) is 20.0. The summed E-state index contributed by atoms with van der Waals surface area (Å²) in [5, 5.41) is 1.72. The van der Waals surface area contributed by atoms with E-state index in [4.69, 9.17) is 30.2 Å². The molecule has 0 unspecified atom stereocenters. The molecule has 97 heavy (non-hydrogen) atoms. The smallest absolute Gasteiger partial charge is 0.313 e. The molecular weight excluding hydrogens is 1300 g/mol. The first-order valence-corrected chi connectivity index (χ1v) is 37.4. The Kier molecular flexibility index (Phi) is 18.9. The number of carbonyl (C=O) groups excluding carboxylic acids is 4. The van der Waals surface area contributed by atoms with E-state index in [0.29, 0.717) is 89.6 Å². The van der Waals surface area contributed by atoms with Crippen LogP contribution in [0.25, 0.3) is 0 Å². The minimum atomic E-state index is -2.93. The number of hydrogen-bond donors (Lipinski definition) is 2. The van der Waals surface area contributed by atoms with E-state index in [1.807, 2.05) is 46.8 Å². The van der Waals surface area contributed by atoms with Crippen LogP contribution in [-0.4, -0.2) is 124 Å². The number of nitrogens with one attached hydrogen (secondary N) is 1. The van der Waals surface area contributed by atoms with Gasteiger partial charge in [0.1, 0.15) is 61.6 Å². The van der Waals surface area contributed by atoms with Gasteiger partial charge in [-0.15, -0.1) is 0 Å². The van der Waals surface area contributed by atoms with Crippen molar-refractivity contribution in [3.05, 3.63) is 159 Å². The van der Waals surface area contributed by atoms with E-state index < -0.39 is 117 Å². The quantitative estimate of drug-likeness (QED) is 0.0973. The van der Waals surface area contributed by atoms with E-state index in [-0.39, 0.29) is 48.6 Å². The molecule has 12 rings (SSSR count). The lowest BCUT2D eigenvalue weighted by molar-refractivity contribution is -0.154. The number of aromatic nitrogens is 2. The molecule has 2 aromatic heterocycles. The maximum atomic E-state index is 15.5. The standard InChI is InChI=1S/C29H36FN3O4S.C23H27FN4O2S.C20H26FN3O3S/c1-18-8-11-22(31-17-18)23(34)15-19-9-10-21(30)20(14-19)29(7)25-12-13-32-38(25,36)28(5,6)24(33-29)16-26(35)37-27(2,3)4;1-14-5-8-18(26-13-14)19(29)12-15-6-7-17(24)16(11-15)23(4)20-9-10-27-31(20,30)22(2,3)21(25)28-23;1-18(2)15-11-17(25)27-19(3,4)23-12-6-7-14(21)13(10-12)20(5,24-15)16-8-9-22-28(16,18)26/h8-11,14,17,25H,12-13,15-16H2,1-7H3;5-8,11,13,20H,9-10,12H2,1-4H3,(H2,25,28);6-7,10,16,23H,8-9,11H2,1-5H3/t25-,29+,38+;20-,23+,31+;16-,20+,28+/m000/s1. The van der Waals surface area contributed by atoms with Gasteiger partial charge in [0.2, 0.25) is 0 Å². The molecule has 0 spiro atoms. The minimum absolute atomic E-state index is 0.0316. The Bertz CT molecular complexity index is 4570. The number of carbonyl (C=O) groups is 4. The number of nitrogens with zero attached hydrogens (tertiary/aromatic N) is 8. The highest BCUT2D eigenvalue weighted by Gasteiger charge is 2.60. The number of benzene rings is 3. The Hall–Kier alpha value is -7.51. The Labute approximate surface area is 568 Å². The molecule has 3 aromatic carbocycles. The van der Waals surface area contributed by atoms with Crippen molar-refractivity contribution in [1.82, 2.24) is 9.97 Å². The number of esters is 2. The van der Waals surface area contributed by atoms with E-state index in [2.05, 4.69) is 28.4 Å². The molecule has 25 heteroatoms. The molecule has 0 saturated heterocycles. The zero-order chi connectivity index (χ0) is 71.2. The Balaban J connectivity index is 0.000000160. The number of nitrogens with two attached hydrogens (primary N) is 1. The van der Waals surface area contributed by atoms with Crippen LogP contribution in [0.15, 0.2) is 119 Å². The molecule has 5 aromatic rings. The lowest BCUT2D eigenvalue weighted by atomic mass is 9.84. The molecular formula is C72H89F3N10O9S3. The number of rotatable bonds is 10. The van der Waals surface area contributed by atoms with Gasteiger partial charge in [-0.05, 0) is 207 Å². The molecule has 9 atom stereocenters. The average Bonchev–Trinajstić information content (AvgIpc) is 1.69. The second kappa shape index (κ2) is 25.3. The number of ketones is 2. The number of hydrogen-bond acceptors (Lipinski definition) is 19. The zero-order valence-corrected chi connectivity index (χ0v) is 60.6. The first kappa shape index (κ1) is 72.2. The molecule has 0 radical (unpaired) electrons. The molecule has 0 aliphatic carbocycles. The van der Waals surface area contributed by atoms with Crippen LogP contribution in [0.5, 0.6) is 0 Å². The van der Waals surface area contributed by atoms with Crippen LogP contribution < -0.4 is 11.1 Å². The molecule has 520 valence electrons. The largest absolute Gasteiger partial charge is 0.460 e. The van der Waals surface area contributed by atoms with Gasteiger partial charge < -0.3 is 20.5 Å². The molecule has 4 bridgehead atoms. The predicted octanol–water partition coefficient (Wildman–Crippen LogP) is 12.5. The van der Waals surface area contributed by atoms with Crippen molar-refractivity contribution in [2.24, 2.45) is 33.8 Å². The number of pyridine rings is 2. The van der Waals surface area contributed by atoms with Crippen LogP contribution in [0.3, 0.4) is 0 Å². The van der Waals surface area contributed by atoms with E-state index >= 15 is 13.2 Å². The first-order chi connectivity index (χ1) is 44.9. The SMILES string of the molecule is CC1(C)Nc2ccc(F)c(c2)[C@@]2(C)N=C(CC(=O)O1)C(C)(C)[S@@]1(=O)=NCC[C@@H]21.Cc1ccc(C(=O)Cc2ccc(F)c([C@@]3(C)N=C(CC(=O)OC(C)(C)C)C(C)(C)[S@@]4(=O)=NCC[C@@H]34)c2)nc1.Cc1ccc(C(=O)Cc2ccc(F)c([C@@]3(C)N=C(N)C(C)(C)[S@@]4(=O)=NCC[C@@H]34)c2)nc1. The molecule has 3 N–H and O–H groups in total. The summed E-state index contributed by atoms with van der Waals surface area (Å²) in [4.78, 5) is 74.0. The summed E-state index contributed by atoms with van der Waals surface area (Å²) in [5.41, 5.74) is 7.34. The molecule has 19 nitrogen and oxygen atoms in total. The van der Waals surface area contributed by atoms with Crippen LogP contribution in [0.2, 0.25) is 0 Å². The monoisotopic (exact) mass is 1390 g/mol. The number of fused-ring (bicyclic) bond motifs is 8. The van der Waals surface area contributed by atoms with Crippen molar-refractivity contribution in [2.75, 3.05) is 25.0 Å². The highest BCUT2D eigenvalue weighted by atomic mass is 32.2. The van der Waals surface area contributed by atoms with Crippen molar-refractivity contribution in [2.45, 2.75) is 214 Å². The summed E-state index contributed by atoms with van der Waals surface area (Å²) in [6.45, 7) is 30.0. The van der Waals surface area contributed by atoms with Gasteiger partial charge >= 0.3 is 11.9 Å². The summed E-state index contributed by atoms with van der Waals surface area (Å²) in [6, 6.07) is 20.8. The molecule has 7 aliphatic rings. The predicted molar refractivity (Wildman–Crippen MR) is 374 cm³/mol. The fourth-order valence-electron chi connectivity index (χ4n) is 14.4. The summed E-state index contributed by atoms with van der Waals surface area (Å²) in [5.74, 6) is -2.47. The van der Waals surface area contributed by atoms with Crippen LogP contribution in [0.4, 0.5) is 18.9 Å². The number of cyclic esters (lactones) is 1. The van der Waals surface area contributed by atoms with Crippen molar-refractivity contribution in [3.8, 4) is 0 Å². The maximum Gasteiger partial charge on any atom is 0.313 e. The Morgan fingerprint density at radius 1 is 0.577 bits per heavy atom. The normalized spacial score (nSPS) is 29.8. The van der Waals surface area contributed by atoms with Crippen molar-refractivity contribution >= 4 is 75.6 Å². The van der Waals surface area contributed by atoms with Gasteiger partial charge in [0.15, 0.2) is 17.3 Å². The van der Waals surface area contributed by atoms with Crippen molar-refractivity contribution in [3.63, 3.8) is 0 Å². The fourth-order valence-corrected chi connectivity index (χ4v) is 24.1. The zero-order valence-electron chi connectivity index (χ0n) is 58.2. The molecule has 0 amide bonds. The van der Waals surface area contributed by atoms with E-state index in [0.717, 1.165) is 11.1 Å². The summed E-state index contributed by atoms with van der Waals surface area (Å²) in [6.07, 6.45) is 4.72. The highest BCUT2D eigenvalue weighted by Crippen LogP contribution is 2.52. The molecule has 0 fully saturated rings. The van der Waals surface area contributed by atoms with Gasteiger partial charge in [0.25, 0.3) is 0 Å². The number of amidine groups is 1. The lowest BCUT2D eigenvalue weighted by Crippen LogP contribution is -2.58. The second-order valence-electron chi connectivity index (χ2n) is 29.7. The van der Waals surface area contributed by atoms with E-state index in [1.54, 1.807) is 137 Å². The number of anilines is 1. The number of ether oxygens (including phenoxy) is 2. The van der Waals surface area contributed by atoms with Crippen molar-refractivity contribution in [1.29, 1.82) is 0 Å². The van der Waals surface area contributed by atoms with Gasteiger partial charge in [-0.2, -0.15) is 0 Å². The molecule has 0 saturated carbocycles. The third-order valence-corrected chi connectivity index (χ3v) is 31.2. The molecule has 9 heterocycles. The number of halogens is 3. The summed E-state index contributed by atoms with van der Waals surface area (Å²) in [7, 11) is -8.45. The fraction of sp³-hybridized carbons (Fsp3) is 0.514. The van der Waals surface area contributed by atoms with Crippen LogP contribution in [-0.2, 0) is 77.7 Å². The van der Waals surface area contributed by atoms with E-state index in [1.165, 1.54) is 18.2 Å². The Morgan fingerprint density at radius 3 is 1.45 bits per heavy atom. The van der Waals surface area contributed by atoms with Crippen molar-refractivity contribution < 1.29 is 54.4 Å². The topological polar surface area (TPSA) is 276 Å². The number of aryl methyl sites for hydroxylation is 2. The van der Waals surface area contributed by atoms with Gasteiger partial charge in [-0.3, -0.25) is 44.1 Å². The number of Topliss-reactive ketones (excluding diaryl/α,β-unsaturated/α-hetero) is 2. The molecule has 7 aliphatic heterocycles. The van der Waals surface area contributed by atoms with E-state index in [9.17, 15) is 31.8 Å². The average molecular weight is 1390 g/mol. The number of aliphatic imine (C=N–C) groups is 3. The Morgan fingerprint density at radius 2 is 1.00 bits per heavy atom. The van der Waals surface area contributed by atoms with Gasteiger partial charge in [-0.1, -0.05) is 24.3 Å². The third kappa shape index (κ3) is 13.0. The van der Waals surface area contributed by atoms with Gasteiger partial charge in [-0.25, -0.2) is 38.9 Å². The van der Waals surface area contributed by atoms with Crippen LogP contribution in [0, 0.1) is 31.3 Å². The van der Waals surface area contributed by atoms with Gasteiger partial charge in [0, 0.05) is 78.7 Å². The highest BCUT2D eigenvalue weighted by molar-refractivity contribution is 7.97. The lowest BCUT2D eigenvalue weighted by Gasteiger charge is -2.46. The van der Waals surface area contributed by atoms with Crippen LogP contribution in [0.1, 0.15) is 189 Å². The summed E-state index contributed by atoms with van der Waals surface area (Å²) < 4.78 is 110. The summed E-state index contributed by atoms with van der Waals surface area (Å²) >= 11 is 0. The minimum Gasteiger partial charge on any atom is -0.460 e. The second-order valence-corrected chi connectivity index (χ2v) is 38.7. The van der Waals surface area contributed by atoms with Crippen LogP contribution >= 0.6 is 0 Å². The first-order valence-electron chi connectivity index (χ1n) is 32.6. The van der Waals surface area contributed by atoms with Gasteiger partial charge in [0.05, 0.1) is 67.3 Å². The maximum absolute atomic E-state index is 15.5.